The Morgan fingerprint density at radius 2 is 1.79 bits per heavy atom. The zero-order valence-corrected chi connectivity index (χ0v) is 10.5. The van der Waals surface area contributed by atoms with E-state index >= 15 is 0 Å². The number of primary amides is 1. The van der Waals surface area contributed by atoms with Gasteiger partial charge in [0.2, 0.25) is 5.91 Å². The summed E-state index contributed by atoms with van der Waals surface area (Å²) >= 11 is 0. The number of benzene rings is 1. The molecular weight excluding hydrogens is 257 g/mol. The van der Waals surface area contributed by atoms with Gasteiger partial charge in [-0.15, -0.1) is 0 Å². The first kappa shape index (κ1) is 16.4. The minimum Gasteiger partial charge on any atom is -0.481 e. The van der Waals surface area contributed by atoms with Gasteiger partial charge in [-0.1, -0.05) is 30.3 Å². The van der Waals surface area contributed by atoms with Crippen molar-refractivity contribution in [3.8, 4) is 0 Å². The van der Waals surface area contributed by atoms with E-state index in [1.807, 2.05) is 30.3 Å². The largest absolute Gasteiger partial charge is 0.481 e. The van der Waals surface area contributed by atoms with Crippen molar-refractivity contribution in [2.75, 3.05) is 6.54 Å². The average molecular weight is 273 g/mol. The van der Waals surface area contributed by atoms with Crippen LogP contribution in [0.25, 0.3) is 0 Å². The molecule has 7 heteroatoms. The topological polar surface area (TPSA) is 119 Å². The highest BCUT2D eigenvalue weighted by Crippen LogP contribution is 2.00. The van der Waals surface area contributed by atoms with Gasteiger partial charge in [-0.25, -0.2) is 4.79 Å². The molecule has 0 saturated carbocycles. The molecule has 0 aliphatic carbocycles. The molecular formula is C12H16N2O5. The van der Waals surface area contributed by atoms with Gasteiger partial charge in [-0.2, -0.15) is 0 Å². The smallest absolute Gasteiger partial charge is 0.407 e. The van der Waals surface area contributed by atoms with Crippen LogP contribution in [0.15, 0.2) is 30.3 Å². The van der Waals surface area contributed by atoms with Gasteiger partial charge in [-0.05, 0) is 5.56 Å². The maximum Gasteiger partial charge on any atom is 0.407 e. The maximum atomic E-state index is 11.0. The van der Waals surface area contributed by atoms with Gasteiger partial charge in [0.1, 0.15) is 6.61 Å². The molecule has 4 N–H and O–H groups in total. The average Bonchev–Trinajstić information content (AvgIpc) is 2.34. The summed E-state index contributed by atoms with van der Waals surface area (Å²) in [5, 5.41) is 9.63. The minimum absolute atomic E-state index is 0.172. The molecule has 0 saturated heterocycles. The summed E-state index contributed by atoms with van der Waals surface area (Å²) in [6.07, 6.45) is -0.655. The maximum absolute atomic E-state index is 11.0. The third-order valence-electron chi connectivity index (χ3n) is 1.62. The lowest BCUT2D eigenvalue weighted by Gasteiger charge is -2.05. The van der Waals surface area contributed by atoms with E-state index in [1.54, 1.807) is 0 Å². The van der Waals surface area contributed by atoms with Crippen LogP contribution in [0.5, 0.6) is 0 Å². The molecule has 1 aromatic carbocycles. The number of hydrogen-bond donors (Lipinski definition) is 3. The molecule has 0 spiro atoms. The minimum atomic E-state index is -0.833. The molecule has 0 atom stereocenters. The number of amides is 2. The van der Waals surface area contributed by atoms with Crippen LogP contribution in [0.4, 0.5) is 4.79 Å². The number of hydrogen-bond acceptors (Lipinski definition) is 4. The number of carbonyl (C=O) groups excluding carboxylic acids is 2. The molecule has 0 aromatic heterocycles. The van der Waals surface area contributed by atoms with Crippen LogP contribution in [0.3, 0.4) is 0 Å². The van der Waals surface area contributed by atoms with Crippen molar-refractivity contribution in [2.24, 2.45) is 5.73 Å². The fourth-order valence-corrected chi connectivity index (χ4v) is 0.933. The predicted octanol–water partition coefficient (Wildman–Crippen LogP) is 0.489. The van der Waals surface area contributed by atoms with Crippen LogP contribution in [0, 0.1) is 0 Å². The van der Waals surface area contributed by atoms with Crippen LogP contribution in [0.2, 0.25) is 0 Å². The van der Waals surface area contributed by atoms with Gasteiger partial charge in [0, 0.05) is 6.92 Å². The van der Waals surface area contributed by atoms with Crippen LogP contribution >= 0.6 is 0 Å². The highest BCUT2D eigenvalue weighted by molar-refractivity contribution is 5.80. The van der Waals surface area contributed by atoms with E-state index in [4.69, 9.17) is 20.4 Å². The molecule has 1 aromatic rings. The number of aliphatic carboxylic acids is 1. The molecule has 2 amide bonds. The van der Waals surface area contributed by atoms with E-state index in [-0.39, 0.29) is 13.2 Å². The van der Waals surface area contributed by atoms with Gasteiger partial charge in [-0.3, -0.25) is 9.59 Å². The van der Waals surface area contributed by atoms with Crippen LogP contribution in [-0.4, -0.2) is 29.6 Å². The number of ether oxygens (including phenoxy) is 1. The van der Waals surface area contributed by atoms with E-state index in [0.29, 0.717) is 0 Å². The van der Waals surface area contributed by atoms with E-state index in [2.05, 4.69) is 5.32 Å². The van der Waals surface area contributed by atoms with Gasteiger partial charge in [0.25, 0.3) is 5.97 Å². The Morgan fingerprint density at radius 3 is 2.26 bits per heavy atom. The molecule has 0 fully saturated rings. The molecule has 0 radical (unpaired) electrons. The number of carboxylic acids is 1. The normalized spacial score (nSPS) is 8.68. The van der Waals surface area contributed by atoms with Crippen molar-refractivity contribution < 1.29 is 24.2 Å². The highest BCUT2D eigenvalue weighted by Gasteiger charge is 2.03. The van der Waals surface area contributed by atoms with E-state index < -0.39 is 18.0 Å². The SMILES string of the molecule is N[13C](=O)[13CH2][15NH]C(=O)OCc1ccccc1.[13CH3][13C](=O)O. The summed E-state index contributed by atoms with van der Waals surface area (Å²) in [5.41, 5.74) is 5.72. The molecule has 7 nitrogen and oxygen atoms in total. The number of carboxylic acid groups (broad SMARTS) is 1. The molecule has 104 valence electrons. The number of nitrogens with two attached hydrogens (primary N) is 1. The summed E-state index contributed by atoms with van der Waals surface area (Å²) in [6, 6.07) is 9.24. The quantitative estimate of drug-likeness (QED) is 0.545. The predicted molar refractivity (Wildman–Crippen MR) is 67.1 cm³/mol. The highest BCUT2D eigenvalue weighted by atomic mass is 16.6. The lowest BCUT2D eigenvalue weighted by molar-refractivity contribution is -0.134. The monoisotopic (exact) mass is 273 g/mol. The number of carbonyl (C=O) groups is 3. The Bertz CT molecular complexity index is 415. The van der Waals surface area contributed by atoms with Crippen LogP contribution in [0.1, 0.15) is 12.5 Å². The van der Waals surface area contributed by atoms with Crippen molar-refractivity contribution >= 4 is 18.0 Å². The zero-order valence-electron chi connectivity index (χ0n) is 10.5. The van der Waals surface area contributed by atoms with Crippen molar-refractivity contribution in [3.05, 3.63) is 35.9 Å². The molecule has 1 rings (SSSR count). The first-order valence-electron chi connectivity index (χ1n) is 5.34. The summed E-state index contributed by atoms with van der Waals surface area (Å²) < 4.78 is 4.82. The van der Waals surface area contributed by atoms with E-state index in [9.17, 15) is 9.59 Å². The van der Waals surface area contributed by atoms with Gasteiger partial charge in [0.05, 0.1) is 6.54 Å². The third-order valence-corrected chi connectivity index (χ3v) is 1.62. The zero-order chi connectivity index (χ0) is 14.7. The second kappa shape index (κ2) is 9.46. The van der Waals surface area contributed by atoms with E-state index in [0.717, 1.165) is 12.5 Å². The summed E-state index contributed by atoms with van der Waals surface area (Å²) in [6.45, 7) is 1.04. The van der Waals surface area contributed by atoms with Crippen molar-refractivity contribution in [1.29, 1.82) is 0 Å². The second-order valence-electron chi connectivity index (χ2n) is 3.40. The number of nitrogens with one attached hydrogen (secondary N) is 1. The van der Waals surface area contributed by atoms with Gasteiger partial charge >= 0.3 is 6.09 Å². The third kappa shape index (κ3) is 11.7. The lowest BCUT2D eigenvalue weighted by atomic mass is 10.2. The molecule has 19 heavy (non-hydrogen) atoms. The molecule has 0 heterocycles. The van der Waals surface area contributed by atoms with Crippen molar-refractivity contribution in [2.45, 2.75) is 13.5 Å². The number of alkyl carbamates (subject to hydrolysis) is 1. The summed E-state index contributed by atoms with van der Waals surface area (Å²) in [4.78, 5) is 30.3. The first-order valence-corrected chi connectivity index (χ1v) is 5.34. The molecule has 0 bridgehead atoms. The number of rotatable bonds is 4. The Morgan fingerprint density at radius 1 is 1.26 bits per heavy atom. The van der Waals surface area contributed by atoms with Crippen LogP contribution < -0.4 is 11.1 Å². The molecule has 0 aliphatic heterocycles. The van der Waals surface area contributed by atoms with Crippen molar-refractivity contribution in [3.63, 3.8) is 0 Å². The second-order valence-corrected chi connectivity index (χ2v) is 3.40. The Kier molecular flexibility index (Phi) is 8.18. The fourth-order valence-electron chi connectivity index (χ4n) is 0.933. The summed E-state index contributed by atoms with van der Waals surface area (Å²) in [5.74, 6) is -1.44. The Labute approximate surface area is 110 Å². The van der Waals surface area contributed by atoms with Gasteiger partial charge < -0.3 is 20.9 Å². The standard InChI is InChI=1S/C10H12N2O3.C2H4O2/c11-9(13)6-12-10(14)15-7-8-4-2-1-3-5-8;1-2(3)4/h1-5H,6-7H2,(H2,11,13)(H,12,14);1H3,(H,3,4)/i6+1,9+1,12+1;1+1,2+1. The molecule has 0 aliphatic rings. The first-order chi connectivity index (χ1) is 8.91. The van der Waals surface area contributed by atoms with Crippen molar-refractivity contribution in [1.82, 2.24) is 5.32 Å². The molecule has 0 unspecified atom stereocenters. The summed E-state index contributed by atoms with van der Waals surface area (Å²) in [7, 11) is 0. The lowest BCUT2D eigenvalue weighted by Crippen LogP contribution is -2.33. The fraction of sp³-hybridized carbons (Fsp3) is 0.250. The Balaban J connectivity index is 0.000000711. The van der Waals surface area contributed by atoms with Gasteiger partial charge in [0.15, 0.2) is 0 Å². The van der Waals surface area contributed by atoms with Crippen LogP contribution in [-0.2, 0) is 20.9 Å². The van der Waals surface area contributed by atoms with E-state index in [1.165, 1.54) is 0 Å². The Hall–Kier alpha value is -2.57.